The zero-order valence-electron chi connectivity index (χ0n) is 29.8. The molecule has 0 amide bonds. The van der Waals surface area contributed by atoms with Gasteiger partial charge in [-0.25, -0.2) is 16.8 Å². The molecule has 52 heavy (non-hydrogen) atoms. The van der Waals surface area contributed by atoms with Crippen LogP contribution in [0.25, 0.3) is 0 Å². The number of rotatable bonds is 8. The molecule has 5 rings (SSSR count). The number of carbonyl (C=O) groups is 4. The average Bonchev–Trinajstić information content (AvgIpc) is 3.13. The molecule has 0 saturated carbocycles. The molecule has 14 heteroatoms. The fourth-order valence-electron chi connectivity index (χ4n) is 8.14. The maximum atomic E-state index is 13.9. The molecular formula is C38H42O12S2. The lowest BCUT2D eigenvalue weighted by Crippen LogP contribution is -2.57. The van der Waals surface area contributed by atoms with Crippen LogP contribution in [-0.4, -0.2) is 92.2 Å². The summed E-state index contributed by atoms with van der Waals surface area (Å²) in [5.74, 6) is -11.2. The van der Waals surface area contributed by atoms with Crippen LogP contribution in [0.2, 0.25) is 0 Å². The Morgan fingerprint density at radius 1 is 0.442 bits per heavy atom. The number of methoxy groups -OCH3 is 4. The van der Waals surface area contributed by atoms with E-state index >= 15 is 0 Å². The normalized spacial score (nSPS) is 24.1. The molecule has 4 atom stereocenters. The van der Waals surface area contributed by atoms with Crippen molar-refractivity contribution in [3.05, 3.63) is 106 Å². The third kappa shape index (κ3) is 6.51. The molecule has 2 saturated heterocycles. The van der Waals surface area contributed by atoms with Gasteiger partial charge < -0.3 is 18.9 Å². The quantitative estimate of drug-likeness (QED) is 0.186. The Hall–Kier alpha value is -4.56. The summed E-state index contributed by atoms with van der Waals surface area (Å²) in [7, 11) is -3.36. The van der Waals surface area contributed by atoms with Crippen LogP contribution in [0.4, 0.5) is 0 Å². The first-order chi connectivity index (χ1) is 24.5. The molecule has 0 N–H and O–H groups in total. The Balaban J connectivity index is 1.73. The predicted octanol–water partition coefficient (Wildman–Crippen LogP) is 3.56. The second kappa shape index (κ2) is 14.5. The summed E-state index contributed by atoms with van der Waals surface area (Å²) in [4.78, 5) is 55.7. The number of carbonyl (C=O) groups excluding carboxylic acids is 4. The second-order valence-corrected chi connectivity index (χ2v) is 17.9. The summed E-state index contributed by atoms with van der Waals surface area (Å²) in [6.07, 6.45) is 0. The van der Waals surface area contributed by atoms with Crippen LogP contribution >= 0.6 is 0 Å². The van der Waals surface area contributed by atoms with Gasteiger partial charge in [-0.2, -0.15) is 0 Å². The van der Waals surface area contributed by atoms with Gasteiger partial charge in [-0.05, 0) is 36.1 Å². The van der Waals surface area contributed by atoms with Crippen LogP contribution in [0.5, 0.6) is 0 Å². The highest BCUT2D eigenvalue weighted by Gasteiger charge is 2.66. The molecule has 0 aliphatic carbocycles. The van der Waals surface area contributed by atoms with Crippen molar-refractivity contribution in [2.75, 3.05) is 51.5 Å². The van der Waals surface area contributed by atoms with Crippen LogP contribution in [-0.2, 0) is 57.8 Å². The van der Waals surface area contributed by atoms with Crippen molar-refractivity contribution >= 4 is 43.6 Å². The van der Waals surface area contributed by atoms with E-state index in [1.807, 2.05) is 13.8 Å². The summed E-state index contributed by atoms with van der Waals surface area (Å²) in [6, 6.07) is 19.5. The third-order valence-corrected chi connectivity index (χ3v) is 14.0. The monoisotopic (exact) mass is 754 g/mol. The van der Waals surface area contributed by atoms with Crippen molar-refractivity contribution in [2.24, 2.45) is 10.8 Å². The molecule has 2 aliphatic heterocycles. The summed E-state index contributed by atoms with van der Waals surface area (Å²) in [6.45, 7) is 3.69. The molecule has 12 nitrogen and oxygen atoms in total. The van der Waals surface area contributed by atoms with E-state index in [9.17, 15) is 36.0 Å². The van der Waals surface area contributed by atoms with E-state index in [-0.39, 0.29) is 11.1 Å². The van der Waals surface area contributed by atoms with Crippen molar-refractivity contribution in [3.63, 3.8) is 0 Å². The Morgan fingerprint density at radius 2 is 0.635 bits per heavy atom. The van der Waals surface area contributed by atoms with Crippen LogP contribution in [0.1, 0.15) is 57.1 Å². The zero-order chi connectivity index (χ0) is 38.2. The second-order valence-electron chi connectivity index (χ2n) is 13.6. The molecule has 2 heterocycles. The fourth-order valence-corrected chi connectivity index (χ4v) is 12.3. The first-order valence-electron chi connectivity index (χ1n) is 16.5. The lowest BCUT2D eigenvalue weighted by Gasteiger charge is -2.46. The molecule has 2 fully saturated rings. The molecule has 0 bridgehead atoms. The zero-order valence-corrected chi connectivity index (χ0v) is 31.4. The number of sulfone groups is 2. The highest BCUT2D eigenvalue weighted by atomic mass is 32.2. The summed E-state index contributed by atoms with van der Waals surface area (Å²) in [5.41, 5.74) is -1.23. The number of hydrogen-bond donors (Lipinski definition) is 0. The van der Waals surface area contributed by atoms with Crippen molar-refractivity contribution < 1.29 is 55.0 Å². The van der Waals surface area contributed by atoms with Crippen molar-refractivity contribution in [1.82, 2.24) is 0 Å². The number of esters is 4. The van der Waals surface area contributed by atoms with Crippen LogP contribution in [0.3, 0.4) is 0 Å². The molecule has 2 unspecified atom stereocenters. The van der Waals surface area contributed by atoms with E-state index in [0.29, 0.717) is 11.1 Å². The molecule has 278 valence electrons. The van der Waals surface area contributed by atoms with Crippen molar-refractivity contribution in [2.45, 2.75) is 37.5 Å². The maximum absolute atomic E-state index is 13.9. The lowest BCUT2D eigenvalue weighted by molar-refractivity contribution is -0.174. The topological polar surface area (TPSA) is 173 Å². The molecule has 3 aromatic rings. The molecule has 3 aromatic carbocycles. The number of aryl methyl sites for hydroxylation is 2. The van der Waals surface area contributed by atoms with Crippen molar-refractivity contribution in [1.29, 1.82) is 0 Å². The number of benzene rings is 3. The highest BCUT2D eigenvalue weighted by Crippen LogP contribution is 2.56. The SMILES string of the molecule is COC(=O)C1(C(=O)OC)C(c2ccc(C)cc2)CS(=O)(=O)CC1c1ccc([C@H]2CS(=O)(=O)C[C@@H](c3ccc(C)cc3)C2(C(=O)OC)C(=O)OC)cc1. The van der Waals surface area contributed by atoms with Gasteiger partial charge in [0.1, 0.15) is 0 Å². The highest BCUT2D eigenvalue weighted by molar-refractivity contribution is 7.91. The van der Waals surface area contributed by atoms with Crippen LogP contribution in [0, 0.1) is 24.7 Å². The van der Waals surface area contributed by atoms with E-state index in [1.54, 1.807) is 48.5 Å². The minimum atomic E-state index is -3.89. The van der Waals surface area contributed by atoms with E-state index in [1.165, 1.54) is 24.3 Å². The van der Waals surface area contributed by atoms with Gasteiger partial charge in [-0.3, -0.25) is 19.2 Å². The van der Waals surface area contributed by atoms with Gasteiger partial charge in [0, 0.05) is 23.7 Å². The van der Waals surface area contributed by atoms with E-state index < -0.39 is 101 Å². The minimum Gasteiger partial charge on any atom is -0.468 e. The van der Waals surface area contributed by atoms with E-state index in [2.05, 4.69) is 0 Å². The standard InChI is InChI=1S/C38H42O12S2/c1-23-7-11-25(12-8-23)29-19-51(43,44)21-31(37(29,33(39)47-3)34(40)48-4)27-15-17-28(18-16-27)32-22-52(45,46)20-30(26-13-9-24(2)10-14-26)38(32,35(41)49-5)36(42)50-6/h7-18,29-32H,19-22H2,1-6H3/t29-,30?,31+,32?/m0/s1. The first-order valence-corrected chi connectivity index (χ1v) is 20.1. The Kier molecular flexibility index (Phi) is 10.8. The fraction of sp³-hybridized carbons (Fsp3) is 0.421. The lowest BCUT2D eigenvalue weighted by atomic mass is 9.61. The minimum absolute atomic E-state index is 0.232. The van der Waals surface area contributed by atoms with Crippen LogP contribution in [0.15, 0.2) is 72.8 Å². The van der Waals surface area contributed by atoms with Crippen molar-refractivity contribution in [3.8, 4) is 0 Å². The number of hydrogen-bond acceptors (Lipinski definition) is 12. The molecule has 0 radical (unpaired) electrons. The van der Waals surface area contributed by atoms with Crippen LogP contribution < -0.4 is 0 Å². The molecule has 0 aromatic heterocycles. The Bertz CT molecular complexity index is 1890. The largest absolute Gasteiger partial charge is 0.468 e. The molecular weight excluding hydrogens is 713 g/mol. The van der Waals surface area contributed by atoms with Gasteiger partial charge in [0.05, 0.1) is 51.5 Å². The van der Waals surface area contributed by atoms with Gasteiger partial charge >= 0.3 is 23.9 Å². The summed E-state index contributed by atoms with van der Waals surface area (Å²) >= 11 is 0. The summed E-state index contributed by atoms with van der Waals surface area (Å²) in [5, 5.41) is 0. The first kappa shape index (κ1) is 38.7. The van der Waals surface area contributed by atoms with Gasteiger partial charge in [-0.1, -0.05) is 83.9 Å². The molecule has 2 aliphatic rings. The maximum Gasteiger partial charge on any atom is 0.324 e. The predicted molar refractivity (Wildman–Crippen MR) is 190 cm³/mol. The van der Waals surface area contributed by atoms with Gasteiger partial charge in [0.15, 0.2) is 30.5 Å². The Labute approximate surface area is 303 Å². The average molecular weight is 755 g/mol. The third-order valence-electron chi connectivity index (χ3n) is 10.7. The van der Waals surface area contributed by atoms with Gasteiger partial charge in [-0.15, -0.1) is 0 Å². The van der Waals surface area contributed by atoms with E-state index in [0.717, 1.165) is 39.6 Å². The smallest absolute Gasteiger partial charge is 0.324 e. The number of ether oxygens (including phenoxy) is 4. The molecule has 0 spiro atoms. The van der Waals surface area contributed by atoms with Gasteiger partial charge in [0.2, 0.25) is 0 Å². The summed E-state index contributed by atoms with van der Waals surface area (Å²) < 4.78 is 75.3. The Morgan fingerprint density at radius 3 is 0.827 bits per heavy atom. The van der Waals surface area contributed by atoms with Gasteiger partial charge in [0.25, 0.3) is 0 Å². The van der Waals surface area contributed by atoms with E-state index in [4.69, 9.17) is 18.9 Å².